The van der Waals surface area contributed by atoms with Gasteiger partial charge in [-0.25, -0.2) is 0 Å². The Morgan fingerprint density at radius 2 is 0.976 bits per heavy atom. The third-order valence-corrected chi connectivity index (χ3v) is 7.93. The summed E-state index contributed by atoms with van der Waals surface area (Å²) in [5.74, 6) is 1.49. The van der Waals surface area contributed by atoms with Gasteiger partial charge in [0.25, 0.3) is 0 Å². The van der Waals surface area contributed by atoms with Gasteiger partial charge < -0.3 is 9.80 Å². The summed E-state index contributed by atoms with van der Waals surface area (Å²) in [5.41, 5.74) is 10.1. The van der Waals surface area contributed by atoms with Crippen LogP contribution in [0.5, 0.6) is 0 Å². The molecule has 5 aromatic rings. The molecule has 0 fully saturated rings. The zero-order valence-corrected chi connectivity index (χ0v) is 25.7. The molecule has 1 unspecified atom stereocenters. The Hall–Kier alpha value is -4.30. The number of benzene rings is 5. The van der Waals surface area contributed by atoms with Crippen molar-refractivity contribution in [3.8, 4) is 0 Å². The third-order valence-electron chi connectivity index (χ3n) is 7.93. The van der Waals surface area contributed by atoms with Crippen molar-refractivity contribution in [1.82, 2.24) is 0 Å². The summed E-state index contributed by atoms with van der Waals surface area (Å²) in [6.45, 7) is 12.4. The molecule has 0 spiro atoms. The largest absolute Gasteiger partial charge is 0.341 e. The summed E-state index contributed by atoms with van der Waals surface area (Å²) in [6.07, 6.45) is 0.983. The Balaban J connectivity index is 1.37. The van der Waals surface area contributed by atoms with Crippen molar-refractivity contribution >= 4 is 28.4 Å². The van der Waals surface area contributed by atoms with Crippen molar-refractivity contribution in [3.05, 3.63) is 150 Å². The van der Waals surface area contributed by atoms with E-state index in [-0.39, 0.29) is 0 Å². The first-order valence-corrected chi connectivity index (χ1v) is 15.4. The number of nitrogens with zero attached hydrogens (tertiary/aromatic N) is 2. The second-order valence-corrected chi connectivity index (χ2v) is 12.1. The molecule has 0 saturated carbocycles. The van der Waals surface area contributed by atoms with E-state index >= 15 is 0 Å². The van der Waals surface area contributed by atoms with Crippen LogP contribution in [-0.4, -0.2) is 6.54 Å². The molecule has 5 aromatic carbocycles. The molecule has 0 bridgehead atoms. The normalized spacial score (nSPS) is 12.0. The van der Waals surface area contributed by atoms with Gasteiger partial charge in [-0.2, -0.15) is 0 Å². The Labute approximate surface area is 253 Å². The van der Waals surface area contributed by atoms with E-state index in [0.717, 1.165) is 13.0 Å². The molecule has 42 heavy (non-hydrogen) atoms. The van der Waals surface area contributed by atoms with Crippen LogP contribution in [0.15, 0.2) is 133 Å². The van der Waals surface area contributed by atoms with Crippen molar-refractivity contribution < 1.29 is 0 Å². The molecule has 5 rings (SSSR count). The fourth-order valence-corrected chi connectivity index (χ4v) is 5.64. The quantitative estimate of drug-likeness (QED) is 0.161. The fraction of sp³-hybridized carbons (Fsp3) is 0.250. The standard InChI is InChI=1S/C40H44N2/c1-30(2)29-41(36-14-8-6-9-15-36)37-23-21-35(22-24-37)32(5)27-33-13-12-18-40(28-33)42(38-16-10-7-11-17-38)39-25-19-34(20-26-39)31(3)4/h6-26,28,30-32H,27,29H2,1-5H3. The number of anilines is 5. The van der Waals surface area contributed by atoms with Gasteiger partial charge in [0, 0.05) is 35.0 Å². The first kappa shape index (κ1) is 29.2. The second-order valence-electron chi connectivity index (χ2n) is 12.1. The predicted octanol–water partition coefficient (Wildman–Crippen LogP) is 11.4. The third kappa shape index (κ3) is 7.12. The maximum absolute atomic E-state index is 2.43. The molecule has 0 aromatic heterocycles. The van der Waals surface area contributed by atoms with Crippen molar-refractivity contribution in [3.63, 3.8) is 0 Å². The minimum absolute atomic E-state index is 0.403. The zero-order chi connectivity index (χ0) is 29.5. The summed E-state index contributed by atoms with van der Waals surface area (Å²) in [4.78, 5) is 4.79. The van der Waals surface area contributed by atoms with E-state index in [0.29, 0.717) is 17.8 Å². The number of rotatable bonds is 11. The van der Waals surface area contributed by atoms with Crippen molar-refractivity contribution in [2.75, 3.05) is 16.3 Å². The molecule has 0 amide bonds. The molecule has 2 nitrogen and oxygen atoms in total. The highest BCUT2D eigenvalue weighted by Crippen LogP contribution is 2.36. The molecule has 0 aliphatic rings. The second kappa shape index (κ2) is 13.6. The van der Waals surface area contributed by atoms with Crippen molar-refractivity contribution in [1.29, 1.82) is 0 Å². The summed E-state index contributed by atoms with van der Waals surface area (Å²) in [5, 5.41) is 0. The summed E-state index contributed by atoms with van der Waals surface area (Å²) < 4.78 is 0. The van der Waals surface area contributed by atoms with Crippen LogP contribution in [0.3, 0.4) is 0 Å². The van der Waals surface area contributed by atoms with Crippen molar-refractivity contribution in [2.24, 2.45) is 5.92 Å². The van der Waals surface area contributed by atoms with Crippen LogP contribution in [-0.2, 0) is 6.42 Å². The maximum atomic E-state index is 2.43. The molecular weight excluding hydrogens is 508 g/mol. The molecule has 0 N–H and O–H groups in total. The first-order chi connectivity index (χ1) is 20.4. The monoisotopic (exact) mass is 552 g/mol. The molecule has 2 heteroatoms. The SMILES string of the molecule is CC(C)CN(c1ccccc1)c1ccc(C(C)Cc2cccc(N(c3ccccc3)c3ccc(C(C)C)cc3)c2)cc1. The highest BCUT2D eigenvalue weighted by molar-refractivity contribution is 5.76. The van der Waals surface area contributed by atoms with Gasteiger partial charge in [0.1, 0.15) is 0 Å². The van der Waals surface area contributed by atoms with Gasteiger partial charge in [-0.1, -0.05) is 107 Å². The highest BCUT2D eigenvalue weighted by Gasteiger charge is 2.16. The minimum Gasteiger partial charge on any atom is -0.341 e. The predicted molar refractivity (Wildman–Crippen MR) is 182 cm³/mol. The van der Waals surface area contributed by atoms with Crippen LogP contribution in [0.1, 0.15) is 63.1 Å². The van der Waals surface area contributed by atoms with Crippen LogP contribution < -0.4 is 9.80 Å². The molecule has 0 aliphatic carbocycles. The molecule has 0 aliphatic heterocycles. The number of hydrogen-bond donors (Lipinski definition) is 0. The molecule has 214 valence electrons. The van der Waals surface area contributed by atoms with Gasteiger partial charge in [-0.15, -0.1) is 0 Å². The lowest BCUT2D eigenvalue weighted by Gasteiger charge is -2.27. The van der Waals surface area contributed by atoms with Crippen molar-refractivity contribution in [2.45, 2.75) is 52.9 Å². The van der Waals surface area contributed by atoms with Crippen LogP contribution in [0.25, 0.3) is 0 Å². The van der Waals surface area contributed by atoms with Crippen LogP contribution in [0.4, 0.5) is 28.4 Å². The van der Waals surface area contributed by atoms with Gasteiger partial charge in [-0.3, -0.25) is 0 Å². The van der Waals surface area contributed by atoms with Gasteiger partial charge in [0.15, 0.2) is 0 Å². The van der Waals surface area contributed by atoms with E-state index in [2.05, 4.69) is 178 Å². The van der Waals surface area contributed by atoms with E-state index < -0.39 is 0 Å². The van der Waals surface area contributed by atoms with Crippen LogP contribution >= 0.6 is 0 Å². The average molecular weight is 553 g/mol. The van der Waals surface area contributed by atoms with E-state index in [1.54, 1.807) is 0 Å². The first-order valence-electron chi connectivity index (χ1n) is 15.4. The minimum atomic E-state index is 0.403. The summed E-state index contributed by atoms with van der Waals surface area (Å²) in [6, 6.07) is 48.6. The smallest absolute Gasteiger partial charge is 0.0464 e. The average Bonchev–Trinajstić information content (AvgIpc) is 3.01. The maximum Gasteiger partial charge on any atom is 0.0464 e. The fourth-order valence-electron chi connectivity index (χ4n) is 5.64. The Morgan fingerprint density at radius 1 is 0.476 bits per heavy atom. The molecule has 0 heterocycles. The van der Waals surface area contributed by atoms with E-state index in [4.69, 9.17) is 0 Å². The Bertz CT molecular complexity index is 1520. The number of para-hydroxylation sites is 2. The Morgan fingerprint density at radius 3 is 1.57 bits per heavy atom. The lowest BCUT2D eigenvalue weighted by molar-refractivity contribution is 0.651. The molecule has 0 saturated heterocycles. The molecule has 1 atom stereocenters. The lowest BCUT2D eigenvalue weighted by atomic mass is 9.93. The van der Waals surface area contributed by atoms with E-state index in [1.807, 2.05) is 0 Å². The highest BCUT2D eigenvalue weighted by atomic mass is 15.1. The van der Waals surface area contributed by atoms with Gasteiger partial charge in [0.2, 0.25) is 0 Å². The lowest BCUT2D eigenvalue weighted by Crippen LogP contribution is -2.22. The molecule has 0 radical (unpaired) electrons. The number of hydrogen-bond acceptors (Lipinski definition) is 2. The van der Waals surface area contributed by atoms with Crippen LogP contribution in [0.2, 0.25) is 0 Å². The van der Waals surface area contributed by atoms with Gasteiger partial charge in [-0.05, 0) is 102 Å². The molecular formula is C40H44N2. The Kier molecular flexibility index (Phi) is 9.44. The zero-order valence-electron chi connectivity index (χ0n) is 25.7. The van der Waals surface area contributed by atoms with Crippen LogP contribution in [0, 0.1) is 5.92 Å². The topological polar surface area (TPSA) is 6.48 Å². The summed E-state index contributed by atoms with van der Waals surface area (Å²) >= 11 is 0. The van der Waals surface area contributed by atoms with E-state index in [1.165, 1.54) is 45.1 Å². The van der Waals surface area contributed by atoms with E-state index in [9.17, 15) is 0 Å². The summed E-state index contributed by atoms with van der Waals surface area (Å²) in [7, 11) is 0. The van der Waals surface area contributed by atoms with Gasteiger partial charge in [0.05, 0.1) is 0 Å². The van der Waals surface area contributed by atoms with Gasteiger partial charge >= 0.3 is 0 Å².